The number of nitrogens with zero attached hydrogens (tertiary/aromatic N) is 1. The molecule has 1 heterocycles. The van der Waals surface area contributed by atoms with Crippen molar-refractivity contribution in [3.05, 3.63) is 54.1 Å². The average Bonchev–Trinajstić information content (AvgIpc) is 2.32. The summed E-state index contributed by atoms with van der Waals surface area (Å²) in [5.41, 5.74) is 3.10. The Morgan fingerprint density at radius 3 is 2.71 bits per heavy atom. The van der Waals surface area contributed by atoms with Crippen molar-refractivity contribution in [2.24, 2.45) is 5.92 Å². The molecule has 0 N–H and O–H groups in total. The maximum atomic E-state index is 13.3. The summed E-state index contributed by atoms with van der Waals surface area (Å²) in [5.74, 6) is 0.354. The Kier molecular flexibility index (Phi) is 3.52. The molecule has 88 valence electrons. The molecule has 2 rings (SSSR count). The molecule has 0 aliphatic carbocycles. The van der Waals surface area contributed by atoms with Crippen molar-refractivity contribution in [1.82, 2.24) is 4.98 Å². The number of benzene rings is 1. The second kappa shape index (κ2) is 5.09. The van der Waals surface area contributed by atoms with E-state index in [0.717, 1.165) is 17.5 Å². The smallest absolute Gasteiger partial charge is 0.123 e. The number of hydrogen-bond acceptors (Lipinski definition) is 1. The summed E-state index contributed by atoms with van der Waals surface area (Å²) in [6, 6.07) is 8.83. The van der Waals surface area contributed by atoms with Crippen LogP contribution in [0.1, 0.15) is 19.4 Å². The van der Waals surface area contributed by atoms with Gasteiger partial charge in [-0.05, 0) is 41.7 Å². The van der Waals surface area contributed by atoms with Gasteiger partial charge in [0.2, 0.25) is 0 Å². The van der Waals surface area contributed by atoms with E-state index in [-0.39, 0.29) is 5.82 Å². The summed E-state index contributed by atoms with van der Waals surface area (Å²) >= 11 is 0. The van der Waals surface area contributed by atoms with Gasteiger partial charge in [-0.3, -0.25) is 4.98 Å². The first kappa shape index (κ1) is 11.8. The van der Waals surface area contributed by atoms with Crippen LogP contribution in [0.4, 0.5) is 4.39 Å². The Labute approximate surface area is 101 Å². The van der Waals surface area contributed by atoms with E-state index >= 15 is 0 Å². The fourth-order valence-corrected chi connectivity index (χ4v) is 1.96. The molecule has 2 aromatic rings. The molecule has 1 aromatic heterocycles. The van der Waals surface area contributed by atoms with Crippen LogP contribution in [-0.2, 0) is 6.42 Å². The normalized spacial score (nSPS) is 10.8. The highest BCUT2D eigenvalue weighted by Gasteiger charge is 2.08. The quantitative estimate of drug-likeness (QED) is 0.772. The van der Waals surface area contributed by atoms with Gasteiger partial charge in [-0.1, -0.05) is 26.0 Å². The second-order valence-corrected chi connectivity index (χ2v) is 4.64. The lowest BCUT2D eigenvalue weighted by molar-refractivity contribution is 0.621. The van der Waals surface area contributed by atoms with Gasteiger partial charge in [0.05, 0.1) is 0 Å². The largest absolute Gasteiger partial charge is 0.264 e. The van der Waals surface area contributed by atoms with Crippen LogP contribution in [0.15, 0.2) is 42.7 Å². The lowest BCUT2D eigenvalue weighted by Gasteiger charge is -2.11. The summed E-state index contributed by atoms with van der Waals surface area (Å²) in [6.07, 6.45) is 4.45. The van der Waals surface area contributed by atoms with Gasteiger partial charge < -0.3 is 0 Å². The van der Waals surface area contributed by atoms with Gasteiger partial charge in [0.25, 0.3) is 0 Å². The zero-order valence-corrected chi connectivity index (χ0v) is 10.2. The fraction of sp³-hybridized carbons (Fsp3) is 0.267. The van der Waals surface area contributed by atoms with Crippen LogP contribution in [0.2, 0.25) is 0 Å². The van der Waals surface area contributed by atoms with Crippen molar-refractivity contribution in [2.45, 2.75) is 20.3 Å². The molecule has 1 nitrogen and oxygen atoms in total. The van der Waals surface area contributed by atoms with E-state index in [9.17, 15) is 4.39 Å². The molecule has 1 aromatic carbocycles. The molecule has 0 radical (unpaired) electrons. The van der Waals surface area contributed by atoms with E-state index in [0.29, 0.717) is 5.92 Å². The monoisotopic (exact) mass is 229 g/mol. The summed E-state index contributed by atoms with van der Waals surface area (Å²) in [5, 5.41) is 0. The first-order valence-electron chi connectivity index (χ1n) is 5.85. The first-order chi connectivity index (χ1) is 8.16. The highest BCUT2D eigenvalue weighted by Crippen LogP contribution is 2.26. The molecule has 17 heavy (non-hydrogen) atoms. The predicted octanol–water partition coefficient (Wildman–Crippen LogP) is 4.09. The van der Waals surface area contributed by atoms with E-state index in [1.807, 2.05) is 18.2 Å². The van der Waals surface area contributed by atoms with E-state index < -0.39 is 0 Å². The molecule has 0 amide bonds. The zero-order valence-electron chi connectivity index (χ0n) is 10.2. The maximum Gasteiger partial charge on any atom is 0.123 e. The van der Waals surface area contributed by atoms with Gasteiger partial charge in [0, 0.05) is 18.0 Å². The van der Waals surface area contributed by atoms with E-state index in [1.165, 1.54) is 11.6 Å². The molecule has 0 saturated carbocycles. The number of hydrogen-bond donors (Lipinski definition) is 0. The van der Waals surface area contributed by atoms with E-state index in [1.54, 1.807) is 18.5 Å². The molecular formula is C15H16FN. The van der Waals surface area contributed by atoms with Gasteiger partial charge in [0.1, 0.15) is 5.82 Å². The van der Waals surface area contributed by atoms with Crippen molar-refractivity contribution in [3.63, 3.8) is 0 Å². The van der Waals surface area contributed by atoms with Crippen molar-refractivity contribution >= 4 is 0 Å². The van der Waals surface area contributed by atoms with Crippen LogP contribution in [0, 0.1) is 11.7 Å². The topological polar surface area (TPSA) is 12.9 Å². The second-order valence-electron chi connectivity index (χ2n) is 4.64. The van der Waals surface area contributed by atoms with Crippen LogP contribution in [0.5, 0.6) is 0 Å². The summed E-state index contributed by atoms with van der Waals surface area (Å²) in [7, 11) is 0. The lowest BCUT2D eigenvalue weighted by Crippen LogP contribution is -1.97. The number of aromatic nitrogens is 1. The summed E-state index contributed by atoms with van der Waals surface area (Å²) in [4.78, 5) is 4.09. The molecule has 2 heteroatoms. The van der Waals surface area contributed by atoms with Crippen molar-refractivity contribution in [1.29, 1.82) is 0 Å². The molecule has 0 unspecified atom stereocenters. The molecule has 0 atom stereocenters. The van der Waals surface area contributed by atoms with Gasteiger partial charge in [-0.15, -0.1) is 0 Å². The molecule has 0 aliphatic rings. The minimum atomic E-state index is -0.198. The molecular weight excluding hydrogens is 213 g/mol. The lowest BCUT2D eigenvalue weighted by atomic mass is 9.94. The third-order valence-electron chi connectivity index (χ3n) is 2.67. The molecule has 0 aliphatic heterocycles. The SMILES string of the molecule is CC(C)Cc1ccc(F)cc1-c1cccnc1. The van der Waals surface area contributed by atoms with Crippen molar-refractivity contribution < 1.29 is 4.39 Å². The van der Waals surface area contributed by atoms with Crippen LogP contribution in [0.25, 0.3) is 11.1 Å². The van der Waals surface area contributed by atoms with E-state index in [2.05, 4.69) is 18.8 Å². The standard InChI is InChI=1S/C15H16FN/c1-11(2)8-12-5-6-14(16)9-15(12)13-4-3-7-17-10-13/h3-7,9-11H,8H2,1-2H3. The van der Waals surface area contributed by atoms with Crippen LogP contribution < -0.4 is 0 Å². The Morgan fingerprint density at radius 1 is 1.24 bits per heavy atom. The van der Waals surface area contributed by atoms with Gasteiger partial charge in [-0.25, -0.2) is 4.39 Å². The molecule has 0 saturated heterocycles. The third-order valence-corrected chi connectivity index (χ3v) is 2.67. The Balaban J connectivity index is 2.47. The van der Waals surface area contributed by atoms with Gasteiger partial charge in [0.15, 0.2) is 0 Å². The summed E-state index contributed by atoms with van der Waals surface area (Å²) in [6.45, 7) is 4.33. The van der Waals surface area contributed by atoms with Crippen molar-refractivity contribution in [2.75, 3.05) is 0 Å². The predicted molar refractivity (Wildman–Crippen MR) is 68.2 cm³/mol. The van der Waals surface area contributed by atoms with Crippen LogP contribution >= 0.6 is 0 Å². The first-order valence-corrected chi connectivity index (χ1v) is 5.85. The number of halogens is 1. The summed E-state index contributed by atoms with van der Waals surface area (Å²) < 4.78 is 13.3. The average molecular weight is 229 g/mol. The highest BCUT2D eigenvalue weighted by atomic mass is 19.1. The number of pyridine rings is 1. The Bertz CT molecular complexity index is 492. The molecule has 0 spiro atoms. The molecule has 0 fully saturated rings. The Morgan fingerprint density at radius 2 is 2.06 bits per heavy atom. The molecule has 0 bridgehead atoms. The van der Waals surface area contributed by atoms with Crippen LogP contribution in [-0.4, -0.2) is 4.98 Å². The third kappa shape index (κ3) is 2.90. The van der Waals surface area contributed by atoms with Gasteiger partial charge in [-0.2, -0.15) is 0 Å². The van der Waals surface area contributed by atoms with Crippen molar-refractivity contribution in [3.8, 4) is 11.1 Å². The minimum absolute atomic E-state index is 0.198. The number of rotatable bonds is 3. The van der Waals surface area contributed by atoms with E-state index in [4.69, 9.17) is 0 Å². The van der Waals surface area contributed by atoms with Crippen LogP contribution in [0.3, 0.4) is 0 Å². The van der Waals surface area contributed by atoms with Gasteiger partial charge >= 0.3 is 0 Å². The Hall–Kier alpha value is -1.70. The zero-order chi connectivity index (χ0) is 12.3. The highest BCUT2D eigenvalue weighted by molar-refractivity contribution is 5.66. The maximum absolute atomic E-state index is 13.3. The fourth-order valence-electron chi connectivity index (χ4n) is 1.96. The minimum Gasteiger partial charge on any atom is -0.264 e.